The van der Waals surface area contributed by atoms with Crippen LogP contribution < -0.4 is 5.32 Å². The van der Waals surface area contributed by atoms with Crippen molar-refractivity contribution in [2.45, 2.75) is 59.2 Å². The Morgan fingerprint density at radius 3 is 2.76 bits per heavy atom. The summed E-state index contributed by atoms with van der Waals surface area (Å²) in [6, 6.07) is 12.6. The van der Waals surface area contributed by atoms with E-state index in [-0.39, 0.29) is 11.9 Å². The van der Waals surface area contributed by atoms with Gasteiger partial charge in [-0.2, -0.15) is 5.10 Å². The van der Waals surface area contributed by atoms with Crippen molar-refractivity contribution < 1.29 is 4.79 Å². The maximum atomic E-state index is 13.7. The highest BCUT2D eigenvalue weighted by atomic mass is 16.2. The first-order chi connectivity index (χ1) is 16.0. The number of rotatable bonds is 8. The van der Waals surface area contributed by atoms with E-state index in [1.165, 1.54) is 11.1 Å². The van der Waals surface area contributed by atoms with Gasteiger partial charge in [-0.25, -0.2) is 0 Å². The molecule has 0 aliphatic carbocycles. The number of aryl methyl sites for hydroxylation is 1. The number of carbonyl (C=O) groups excluding carboxylic acids is 1. The third-order valence-corrected chi connectivity index (χ3v) is 6.49. The van der Waals surface area contributed by atoms with Crippen LogP contribution in [0.4, 0.5) is 0 Å². The van der Waals surface area contributed by atoms with Gasteiger partial charge in [0.15, 0.2) is 0 Å². The topological polar surface area (TPSA) is 63.1 Å². The molecule has 2 aromatic heterocycles. The Balaban J connectivity index is 1.63. The molecule has 3 heterocycles. The van der Waals surface area contributed by atoms with Crippen LogP contribution in [0.5, 0.6) is 0 Å². The fourth-order valence-electron chi connectivity index (χ4n) is 4.95. The highest BCUT2D eigenvalue weighted by Crippen LogP contribution is 2.37. The summed E-state index contributed by atoms with van der Waals surface area (Å²) in [5, 5.41) is 7.66. The number of pyridine rings is 1. The van der Waals surface area contributed by atoms with Gasteiger partial charge in [0.05, 0.1) is 11.6 Å². The van der Waals surface area contributed by atoms with Crippen molar-refractivity contribution >= 4 is 5.91 Å². The predicted molar refractivity (Wildman–Crippen MR) is 132 cm³/mol. The van der Waals surface area contributed by atoms with Gasteiger partial charge in [0.25, 0.3) is 0 Å². The molecule has 0 saturated carbocycles. The van der Waals surface area contributed by atoms with E-state index in [9.17, 15) is 4.79 Å². The minimum Gasteiger partial charge on any atom is -0.353 e. The number of nitrogens with one attached hydrogen (secondary N) is 1. The maximum absolute atomic E-state index is 13.7. The number of piperidine rings is 1. The first kappa shape index (κ1) is 23.2. The van der Waals surface area contributed by atoms with Gasteiger partial charge in [-0.1, -0.05) is 30.3 Å². The van der Waals surface area contributed by atoms with Crippen LogP contribution in [0, 0.1) is 5.41 Å². The standard InChI is InChI=1S/C27H35N5O/c1-4-32-19-22(16-29-32)18-31-14-8-12-27(20-31,26(33)30-21(2)3)15-23-9-5-6-11-25(23)24-10-7-13-28-17-24/h5-7,9-11,13,16-17,19,21H,4,8,12,14-15,18,20H2,1-3H3,(H,30,33). The molecule has 1 aromatic carbocycles. The van der Waals surface area contributed by atoms with Crippen LogP contribution in [0.15, 0.2) is 61.2 Å². The zero-order valence-corrected chi connectivity index (χ0v) is 20.0. The number of hydrogen-bond donors (Lipinski definition) is 1. The SMILES string of the molecule is CCn1cc(CN2CCCC(Cc3ccccc3-c3cccnc3)(C(=O)NC(C)C)C2)cn1. The largest absolute Gasteiger partial charge is 0.353 e. The minimum atomic E-state index is -0.471. The Morgan fingerprint density at radius 1 is 1.18 bits per heavy atom. The van der Waals surface area contributed by atoms with E-state index in [0.717, 1.165) is 50.1 Å². The molecule has 1 unspecified atom stereocenters. The average Bonchev–Trinajstić information content (AvgIpc) is 3.27. The van der Waals surface area contributed by atoms with Gasteiger partial charge in [0, 0.05) is 55.4 Å². The third-order valence-electron chi connectivity index (χ3n) is 6.49. The third kappa shape index (κ3) is 5.50. The van der Waals surface area contributed by atoms with E-state index in [0.29, 0.717) is 6.42 Å². The van der Waals surface area contributed by atoms with Gasteiger partial charge in [-0.3, -0.25) is 19.4 Å². The molecule has 0 radical (unpaired) electrons. The Bertz CT molecular complexity index is 1060. The molecular formula is C27H35N5O. The van der Waals surface area contributed by atoms with Gasteiger partial charge in [0.2, 0.25) is 5.91 Å². The summed E-state index contributed by atoms with van der Waals surface area (Å²) < 4.78 is 1.96. The Labute approximate surface area is 197 Å². The fraction of sp³-hybridized carbons (Fsp3) is 0.444. The molecule has 174 valence electrons. The van der Waals surface area contributed by atoms with Crippen molar-refractivity contribution in [3.8, 4) is 11.1 Å². The first-order valence-electron chi connectivity index (χ1n) is 12.0. The quantitative estimate of drug-likeness (QED) is 0.561. The van der Waals surface area contributed by atoms with E-state index in [2.05, 4.69) is 63.8 Å². The van der Waals surface area contributed by atoms with E-state index in [4.69, 9.17) is 0 Å². The summed E-state index contributed by atoms with van der Waals surface area (Å²) in [5.41, 5.74) is 4.18. The van der Waals surface area contributed by atoms with Crippen LogP contribution in [0.25, 0.3) is 11.1 Å². The summed E-state index contributed by atoms with van der Waals surface area (Å²) in [5.74, 6) is 0.160. The number of benzene rings is 1. The monoisotopic (exact) mass is 445 g/mol. The molecule has 3 aromatic rings. The van der Waals surface area contributed by atoms with Crippen molar-refractivity contribution in [2.24, 2.45) is 5.41 Å². The number of amides is 1. The lowest BCUT2D eigenvalue weighted by atomic mass is 9.73. The van der Waals surface area contributed by atoms with Crippen molar-refractivity contribution in [1.82, 2.24) is 25.0 Å². The molecule has 1 fully saturated rings. The Kier molecular flexibility index (Phi) is 7.23. The van der Waals surface area contributed by atoms with Gasteiger partial charge in [-0.15, -0.1) is 0 Å². The van der Waals surface area contributed by atoms with Crippen LogP contribution in [0.2, 0.25) is 0 Å². The first-order valence-corrected chi connectivity index (χ1v) is 12.0. The molecular weight excluding hydrogens is 410 g/mol. The molecule has 1 aliphatic heterocycles. The van der Waals surface area contributed by atoms with Crippen LogP contribution in [-0.4, -0.2) is 44.7 Å². The average molecular weight is 446 g/mol. The van der Waals surface area contributed by atoms with Crippen molar-refractivity contribution in [1.29, 1.82) is 0 Å². The molecule has 1 N–H and O–H groups in total. The smallest absolute Gasteiger partial charge is 0.228 e. The molecule has 4 rings (SSSR count). The number of nitrogens with zero attached hydrogens (tertiary/aromatic N) is 4. The zero-order chi connectivity index (χ0) is 23.3. The number of aromatic nitrogens is 3. The van der Waals surface area contributed by atoms with Crippen molar-refractivity contribution in [2.75, 3.05) is 13.1 Å². The van der Waals surface area contributed by atoms with Gasteiger partial charge in [-0.05, 0) is 63.8 Å². The summed E-state index contributed by atoms with van der Waals surface area (Å²) in [4.78, 5) is 20.4. The highest BCUT2D eigenvalue weighted by molar-refractivity contribution is 5.84. The summed E-state index contributed by atoms with van der Waals surface area (Å²) in [6.07, 6.45) is 10.4. The van der Waals surface area contributed by atoms with E-state index >= 15 is 0 Å². The van der Waals surface area contributed by atoms with Crippen LogP contribution in [0.3, 0.4) is 0 Å². The molecule has 1 amide bonds. The molecule has 6 nitrogen and oxygen atoms in total. The van der Waals surface area contributed by atoms with Crippen molar-refractivity contribution in [3.05, 3.63) is 72.3 Å². The second kappa shape index (κ2) is 10.3. The Morgan fingerprint density at radius 2 is 2.03 bits per heavy atom. The maximum Gasteiger partial charge on any atom is 0.228 e. The molecule has 1 aliphatic rings. The number of likely N-dealkylation sites (tertiary alicyclic amines) is 1. The van der Waals surface area contributed by atoms with Gasteiger partial charge >= 0.3 is 0 Å². The fourth-order valence-corrected chi connectivity index (χ4v) is 4.95. The summed E-state index contributed by atoms with van der Waals surface area (Å²) in [7, 11) is 0. The predicted octanol–water partition coefficient (Wildman–Crippen LogP) is 4.31. The van der Waals surface area contributed by atoms with Crippen LogP contribution >= 0.6 is 0 Å². The molecule has 1 atom stereocenters. The second-order valence-electron chi connectivity index (χ2n) is 9.50. The van der Waals surface area contributed by atoms with Crippen LogP contribution in [-0.2, 0) is 24.3 Å². The molecule has 1 saturated heterocycles. The lowest BCUT2D eigenvalue weighted by Gasteiger charge is -2.42. The van der Waals surface area contributed by atoms with E-state index in [1.54, 1.807) is 6.20 Å². The Hall–Kier alpha value is -2.99. The molecule has 33 heavy (non-hydrogen) atoms. The van der Waals surface area contributed by atoms with E-state index in [1.807, 2.05) is 37.0 Å². The molecule has 6 heteroatoms. The molecule has 0 spiro atoms. The molecule has 0 bridgehead atoms. The van der Waals surface area contributed by atoms with Crippen LogP contribution in [0.1, 0.15) is 44.7 Å². The lowest BCUT2D eigenvalue weighted by Crippen LogP contribution is -2.54. The zero-order valence-electron chi connectivity index (χ0n) is 20.0. The normalized spacial score (nSPS) is 19.0. The highest BCUT2D eigenvalue weighted by Gasteiger charge is 2.42. The second-order valence-corrected chi connectivity index (χ2v) is 9.50. The number of hydrogen-bond acceptors (Lipinski definition) is 4. The summed E-state index contributed by atoms with van der Waals surface area (Å²) in [6.45, 7) is 9.60. The van der Waals surface area contributed by atoms with Gasteiger partial charge in [0.1, 0.15) is 0 Å². The van der Waals surface area contributed by atoms with Crippen molar-refractivity contribution in [3.63, 3.8) is 0 Å². The summed E-state index contributed by atoms with van der Waals surface area (Å²) >= 11 is 0. The van der Waals surface area contributed by atoms with E-state index < -0.39 is 5.41 Å². The lowest BCUT2D eigenvalue weighted by molar-refractivity contribution is -0.135. The number of carbonyl (C=O) groups is 1. The van der Waals surface area contributed by atoms with Gasteiger partial charge < -0.3 is 5.32 Å². The minimum absolute atomic E-state index is 0.112.